The minimum atomic E-state index is -1.26. The molecule has 0 radical (unpaired) electrons. The van der Waals surface area contributed by atoms with Gasteiger partial charge in [0.05, 0.1) is 11.4 Å². The van der Waals surface area contributed by atoms with Crippen LogP contribution >= 0.6 is 23.4 Å². The number of carbonyl (C=O) groups is 2. The smallest absolute Gasteiger partial charge is 0.328 e. The summed E-state index contributed by atoms with van der Waals surface area (Å²) in [6.45, 7) is 2.85. The van der Waals surface area contributed by atoms with Crippen LogP contribution in [-0.2, 0) is 16.1 Å². The van der Waals surface area contributed by atoms with E-state index in [9.17, 15) is 9.59 Å². The van der Waals surface area contributed by atoms with Gasteiger partial charge in [-0.05, 0) is 42.9 Å². The van der Waals surface area contributed by atoms with Crippen molar-refractivity contribution in [2.45, 2.75) is 16.3 Å². The van der Waals surface area contributed by atoms with Gasteiger partial charge in [0.25, 0.3) is 0 Å². The van der Waals surface area contributed by atoms with Crippen molar-refractivity contribution < 1.29 is 19.8 Å². The van der Waals surface area contributed by atoms with E-state index in [1.54, 1.807) is 0 Å². The van der Waals surface area contributed by atoms with Gasteiger partial charge in [-0.25, -0.2) is 9.59 Å². The van der Waals surface area contributed by atoms with E-state index in [1.807, 2.05) is 17.8 Å². The summed E-state index contributed by atoms with van der Waals surface area (Å²) >= 11 is 8.11. The molecule has 34 heavy (non-hydrogen) atoms. The van der Waals surface area contributed by atoms with E-state index in [2.05, 4.69) is 83.6 Å². The predicted octanol–water partition coefficient (Wildman–Crippen LogP) is 5.79. The van der Waals surface area contributed by atoms with Gasteiger partial charge in [0.2, 0.25) is 0 Å². The Morgan fingerprint density at radius 3 is 2.21 bits per heavy atom. The summed E-state index contributed by atoms with van der Waals surface area (Å²) in [6, 6.07) is 25.4. The van der Waals surface area contributed by atoms with Crippen LogP contribution in [0.4, 0.5) is 11.4 Å². The second-order valence-electron chi connectivity index (χ2n) is 7.57. The molecule has 0 fully saturated rings. The maximum absolute atomic E-state index is 9.55. The molecule has 1 aliphatic rings. The van der Waals surface area contributed by atoms with Crippen molar-refractivity contribution in [3.63, 3.8) is 0 Å². The number of benzene rings is 3. The van der Waals surface area contributed by atoms with Gasteiger partial charge >= 0.3 is 11.9 Å². The largest absolute Gasteiger partial charge is 0.478 e. The molecule has 176 valence electrons. The molecule has 0 aliphatic carbocycles. The number of likely N-dealkylation sites (N-methyl/N-ethyl adjacent to an activating group) is 1. The number of anilines is 2. The molecule has 1 aliphatic heterocycles. The molecule has 6 nitrogen and oxygen atoms in total. The minimum absolute atomic E-state index is 0.558. The van der Waals surface area contributed by atoms with Crippen LogP contribution in [0.25, 0.3) is 0 Å². The number of halogens is 1. The summed E-state index contributed by atoms with van der Waals surface area (Å²) in [4.78, 5) is 26.4. The first-order chi connectivity index (χ1) is 16.3. The Hall–Kier alpha value is -3.26. The topological polar surface area (TPSA) is 81.1 Å². The highest BCUT2D eigenvalue weighted by Crippen LogP contribution is 2.48. The molecule has 3 aromatic carbocycles. The number of rotatable bonds is 7. The molecular weight excluding hydrogens is 472 g/mol. The minimum Gasteiger partial charge on any atom is -0.478 e. The SMILES string of the molecule is CN(CCN1c2ccccc2Sc2ccc(Cl)cc21)Cc1ccccc1.O=C(O)/C=C/C(=O)O. The van der Waals surface area contributed by atoms with Gasteiger partial charge < -0.3 is 20.0 Å². The molecule has 0 amide bonds. The fraction of sp³-hybridized carbons (Fsp3) is 0.154. The zero-order valence-electron chi connectivity index (χ0n) is 18.6. The third-order valence-corrected chi connectivity index (χ3v) is 6.32. The second kappa shape index (κ2) is 12.3. The third kappa shape index (κ3) is 7.38. The van der Waals surface area contributed by atoms with E-state index in [4.69, 9.17) is 21.8 Å². The third-order valence-electron chi connectivity index (χ3n) is 4.96. The molecule has 0 aromatic heterocycles. The van der Waals surface area contributed by atoms with Crippen molar-refractivity contribution in [2.75, 3.05) is 25.0 Å². The molecule has 0 bridgehead atoms. The standard InChI is InChI=1S/C22H21ClN2S.C4H4O4/c1-24(16-17-7-3-2-4-8-17)13-14-25-19-9-5-6-10-21(19)26-22-12-11-18(23)15-20(22)25;5-3(6)1-2-4(7)8/h2-12,15H,13-14,16H2,1H3;1-2H,(H,5,6)(H,7,8)/b;2-1+. The first-order valence-electron chi connectivity index (χ1n) is 10.5. The number of hydrogen-bond acceptors (Lipinski definition) is 5. The lowest BCUT2D eigenvalue weighted by atomic mass is 10.2. The Labute approximate surface area is 208 Å². The average molecular weight is 497 g/mol. The van der Waals surface area contributed by atoms with Crippen molar-refractivity contribution in [1.82, 2.24) is 4.90 Å². The lowest BCUT2D eigenvalue weighted by Crippen LogP contribution is -2.31. The van der Waals surface area contributed by atoms with Crippen LogP contribution in [0.3, 0.4) is 0 Å². The van der Waals surface area contributed by atoms with Gasteiger partial charge in [-0.2, -0.15) is 0 Å². The fourth-order valence-corrected chi connectivity index (χ4v) is 4.67. The van der Waals surface area contributed by atoms with Gasteiger partial charge in [-0.3, -0.25) is 0 Å². The number of para-hydroxylation sites is 1. The quantitative estimate of drug-likeness (QED) is 0.401. The molecule has 0 atom stereocenters. The average Bonchev–Trinajstić information content (AvgIpc) is 2.82. The molecule has 8 heteroatoms. The number of nitrogens with zero attached hydrogens (tertiary/aromatic N) is 2. The molecule has 4 rings (SSSR count). The predicted molar refractivity (Wildman–Crippen MR) is 136 cm³/mol. The van der Waals surface area contributed by atoms with Crippen LogP contribution in [0.15, 0.2) is 94.7 Å². The monoisotopic (exact) mass is 496 g/mol. The van der Waals surface area contributed by atoms with Crippen molar-refractivity contribution in [2.24, 2.45) is 0 Å². The lowest BCUT2D eigenvalue weighted by Gasteiger charge is -2.34. The molecule has 2 N–H and O–H groups in total. The molecular formula is C26H25ClN2O4S. The van der Waals surface area contributed by atoms with Crippen LogP contribution in [-0.4, -0.2) is 47.2 Å². The van der Waals surface area contributed by atoms with Gasteiger partial charge in [-0.15, -0.1) is 0 Å². The molecule has 0 unspecified atom stereocenters. The fourth-order valence-electron chi connectivity index (χ4n) is 3.43. The number of carboxylic acids is 2. The number of hydrogen-bond donors (Lipinski definition) is 2. The Bertz CT molecular complexity index is 1150. The van der Waals surface area contributed by atoms with E-state index < -0.39 is 11.9 Å². The molecule has 0 spiro atoms. The van der Waals surface area contributed by atoms with Crippen molar-refractivity contribution in [3.8, 4) is 0 Å². The van der Waals surface area contributed by atoms with E-state index in [0.717, 1.165) is 24.7 Å². The first-order valence-corrected chi connectivity index (χ1v) is 11.7. The van der Waals surface area contributed by atoms with E-state index >= 15 is 0 Å². The highest BCUT2D eigenvalue weighted by molar-refractivity contribution is 7.99. The van der Waals surface area contributed by atoms with E-state index in [-0.39, 0.29) is 0 Å². The number of fused-ring (bicyclic) bond motifs is 2. The van der Waals surface area contributed by atoms with Gasteiger partial charge in [0.1, 0.15) is 0 Å². The van der Waals surface area contributed by atoms with Gasteiger partial charge in [0.15, 0.2) is 0 Å². The summed E-state index contributed by atoms with van der Waals surface area (Å²) in [7, 11) is 2.18. The number of carboxylic acid groups (broad SMARTS) is 2. The maximum atomic E-state index is 9.55. The zero-order valence-corrected chi connectivity index (χ0v) is 20.2. The van der Waals surface area contributed by atoms with Crippen LogP contribution < -0.4 is 4.90 Å². The molecule has 0 saturated heterocycles. The van der Waals surface area contributed by atoms with Crippen LogP contribution in [0, 0.1) is 0 Å². The lowest BCUT2D eigenvalue weighted by molar-refractivity contribution is -0.134. The summed E-state index contributed by atoms with van der Waals surface area (Å²) in [5.41, 5.74) is 3.81. The van der Waals surface area contributed by atoms with Gasteiger partial charge in [-0.1, -0.05) is 65.8 Å². The summed E-state index contributed by atoms with van der Waals surface area (Å²) in [5.74, 6) is -2.51. The Morgan fingerprint density at radius 1 is 0.912 bits per heavy atom. The molecule has 1 heterocycles. The van der Waals surface area contributed by atoms with E-state index in [0.29, 0.717) is 12.2 Å². The van der Waals surface area contributed by atoms with Crippen molar-refractivity contribution >= 4 is 46.7 Å². The van der Waals surface area contributed by atoms with Gasteiger partial charge in [0, 0.05) is 46.6 Å². The Kier molecular flexibility index (Phi) is 9.16. The maximum Gasteiger partial charge on any atom is 0.328 e. The molecule has 0 saturated carbocycles. The highest BCUT2D eigenvalue weighted by Gasteiger charge is 2.23. The second-order valence-corrected chi connectivity index (χ2v) is 9.09. The summed E-state index contributed by atoms with van der Waals surface area (Å²) < 4.78 is 0. The summed E-state index contributed by atoms with van der Waals surface area (Å²) in [6.07, 6.45) is 1.12. The number of aliphatic carboxylic acids is 2. The van der Waals surface area contributed by atoms with E-state index in [1.165, 1.54) is 26.7 Å². The first kappa shape index (κ1) is 25.4. The van der Waals surface area contributed by atoms with Crippen LogP contribution in [0.5, 0.6) is 0 Å². The van der Waals surface area contributed by atoms with Crippen molar-refractivity contribution in [1.29, 1.82) is 0 Å². The zero-order chi connectivity index (χ0) is 24.5. The molecule has 3 aromatic rings. The summed E-state index contributed by atoms with van der Waals surface area (Å²) in [5, 5.41) is 16.4. The van der Waals surface area contributed by atoms with Crippen molar-refractivity contribution in [3.05, 3.63) is 95.5 Å². The Morgan fingerprint density at radius 2 is 1.53 bits per heavy atom. The van der Waals surface area contributed by atoms with Crippen LogP contribution in [0.2, 0.25) is 5.02 Å². The highest BCUT2D eigenvalue weighted by atomic mass is 35.5. The normalized spacial score (nSPS) is 12.0. The Balaban J connectivity index is 0.000000350. The van der Waals surface area contributed by atoms with Crippen LogP contribution in [0.1, 0.15) is 5.56 Å².